The molecule has 2 aliphatic rings. The first kappa shape index (κ1) is 17.9. The van der Waals surface area contributed by atoms with Crippen molar-refractivity contribution < 1.29 is 14.3 Å². The van der Waals surface area contributed by atoms with Crippen LogP contribution in [0.1, 0.15) is 56.3 Å². The van der Waals surface area contributed by atoms with Crippen LogP contribution in [0.25, 0.3) is 0 Å². The van der Waals surface area contributed by atoms with Gasteiger partial charge in [-0.2, -0.15) is 0 Å². The summed E-state index contributed by atoms with van der Waals surface area (Å²) < 4.78 is 12.4. The van der Waals surface area contributed by atoms with Crippen LogP contribution in [0.5, 0.6) is 11.5 Å². The smallest absolute Gasteiger partial charge is 0.217 e. The van der Waals surface area contributed by atoms with Crippen LogP contribution in [0.3, 0.4) is 0 Å². The molecule has 2 aromatic carbocycles. The van der Waals surface area contributed by atoms with Gasteiger partial charge in [-0.3, -0.25) is 4.79 Å². The minimum atomic E-state index is 0.0582. The number of amides is 1. The third-order valence-electron chi connectivity index (χ3n) is 5.53. The second-order valence-corrected chi connectivity index (χ2v) is 7.62. The second-order valence-electron chi connectivity index (χ2n) is 7.62. The predicted octanol–water partition coefficient (Wildman–Crippen LogP) is 4.58. The molecule has 4 heteroatoms. The average molecular weight is 365 g/mol. The molecule has 1 unspecified atom stereocenters. The zero-order valence-corrected chi connectivity index (χ0v) is 15.8. The summed E-state index contributed by atoms with van der Waals surface area (Å²) in [6.07, 6.45) is 6.28. The zero-order chi connectivity index (χ0) is 18.6. The van der Waals surface area contributed by atoms with Gasteiger partial charge in [0.25, 0.3) is 0 Å². The van der Waals surface area contributed by atoms with E-state index in [1.807, 2.05) is 18.2 Å². The van der Waals surface area contributed by atoms with Gasteiger partial charge >= 0.3 is 0 Å². The summed E-state index contributed by atoms with van der Waals surface area (Å²) in [7, 11) is 0. The molecule has 1 fully saturated rings. The molecule has 1 aliphatic carbocycles. The largest absolute Gasteiger partial charge is 0.490 e. The molecule has 4 nitrogen and oxygen atoms in total. The van der Waals surface area contributed by atoms with E-state index in [0.717, 1.165) is 50.0 Å². The lowest BCUT2D eigenvalue weighted by Gasteiger charge is -2.30. The monoisotopic (exact) mass is 365 g/mol. The minimum absolute atomic E-state index is 0.0582. The summed E-state index contributed by atoms with van der Waals surface area (Å²) in [6.45, 7) is 1.58. The molecule has 1 heterocycles. The highest BCUT2D eigenvalue weighted by Crippen LogP contribution is 2.37. The van der Waals surface area contributed by atoms with E-state index in [-0.39, 0.29) is 18.1 Å². The highest BCUT2D eigenvalue weighted by Gasteiger charge is 2.24. The topological polar surface area (TPSA) is 47.6 Å². The number of ether oxygens (including phenoxy) is 2. The lowest BCUT2D eigenvalue weighted by Crippen LogP contribution is -2.38. The van der Waals surface area contributed by atoms with Crippen LogP contribution in [0.4, 0.5) is 0 Å². The molecule has 142 valence electrons. The molecule has 27 heavy (non-hydrogen) atoms. The van der Waals surface area contributed by atoms with Crippen molar-refractivity contribution in [3.63, 3.8) is 0 Å². The molecule has 1 saturated carbocycles. The van der Waals surface area contributed by atoms with Crippen molar-refractivity contribution in [3.05, 3.63) is 59.7 Å². The fourth-order valence-corrected chi connectivity index (χ4v) is 4.15. The lowest BCUT2D eigenvalue weighted by atomic mass is 9.93. The number of rotatable bonds is 4. The standard InChI is InChI=1S/C23H27NO3/c1-16(25)24-19-8-10-20(11-9-19)26-21-12-14-23-18(15-21)7-13-22(27-23)17-5-3-2-4-6-17/h2-6,12,14-15,19-20,22H,7-11,13H2,1H3,(H,24,25). The highest BCUT2D eigenvalue weighted by molar-refractivity contribution is 5.73. The molecule has 0 spiro atoms. The summed E-state index contributed by atoms with van der Waals surface area (Å²) >= 11 is 0. The number of aryl methyl sites for hydroxylation is 1. The normalized spacial score (nSPS) is 24.4. The number of hydrogen-bond donors (Lipinski definition) is 1. The third-order valence-corrected chi connectivity index (χ3v) is 5.53. The summed E-state index contributed by atoms with van der Waals surface area (Å²) in [4.78, 5) is 11.2. The second kappa shape index (κ2) is 8.03. The van der Waals surface area contributed by atoms with Crippen LogP contribution in [-0.4, -0.2) is 18.1 Å². The van der Waals surface area contributed by atoms with Gasteiger partial charge in [0.05, 0.1) is 6.10 Å². The van der Waals surface area contributed by atoms with E-state index in [2.05, 4.69) is 35.6 Å². The van der Waals surface area contributed by atoms with E-state index in [4.69, 9.17) is 9.47 Å². The maximum Gasteiger partial charge on any atom is 0.217 e. The number of carbonyl (C=O) groups is 1. The summed E-state index contributed by atoms with van der Waals surface area (Å²) in [5.74, 6) is 1.96. The van der Waals surface area contributed by atoms with E-state index in [0.29, 0.717) is 6.04 Å². The van der Waals surface area contributed by atoms with Crippen LogP contribution in [0.15, 0.2) is 48.5 Å². The van der Waals surface area contributed by atoms with Crippen molar-refractivity contribution in [1.29, 1.82) is 0 Å². The quantitative estimate of drug-likeness (QED) is 0.863. The Hall–Kier alpha value is -2.49. The Balaban J connectivity index is 1.35. The minimum Gasteiger partial charge on any atom is -0.490 e. The Bertz CT molecular complexity index is 781. The van der Waals surface area contributed by atoms with Gasteiger partial charge in [-0.15, -0.1) is 0 Å². The van der Waals surface area contributed by atoms with E-state index in [9.17, 15) is 4.79 Å². The Kier molecular flexibility index (Phi) is 5.33. The Labute approximate surface area is 160 Å². The fourth-order valence-electron chi connectivity index (χ4n) is 4.15. The Morgan fingerprint density at radius 3 is 2.56 bits per heavy atom. The van der Waals surface area contributed by atoms with Gasteiger partial charge in [-0.1, -0.05) is 30.3 Å². The summed E-state index contributed by atoms with van der Waals surface area (Å²) in [5.41, 5.74) is 2.46. The molecule has 2 aromatic rings. The Morgan fingerprint density at radius 1 is 1.04 bits per heavy atom. The van der Waals surface area contributed by atoms with Gasteiger partial charge in [0.15, 0.2) is 0 Å². The van der Waals surface area contributed by atoms with Crippen LogP contribution in [-0.2, 0) is 11.2 Å². The van der Waals surface area contributed by atoms with E-state index in [1.165, 1.54) is 11.1 Å². The molecule has 1 N–H and O–H groups in total. The van der Waals surface area contributed by atoms with Gasteiger partial charge in [-0.25, -0.2) is 0 Å². The predicted molar refractivity (Wildman–Crippen MR) is 105 cm³/mol. The molecule has 1 atom stereocenters. The van der Waals surface area contributed by atoms with E-state index in [1.54, 1.807) is 6.92 Å². The first-order valence-electron chi connectivity index (χ1n) is 9.95. The highest BCUT2D eigenvalue weighted by atomic mass is 16.5. The molecule has 4 rings (SSSR count). The fraction of sp³-hybridized carbons (Fsp3) is 0.435. The van der Waals surface area contributed by atoms with Gasteiger partial charge in [0, 0.05) is 13.0 Å². The number of fused-ring (bicyclic) bond motifs is 1. The Morgan fingerprint density at radius 2 is 1.81 bits per heavy atom. The van der Waals surface area contributed by atoms with Crippen LogP contribution < -0.4 is 14.8 Å². The maximum absolute atomic E-state index is 11.2. The average Bonchev–Trinajstić information content (AvgIpc) is 2.69. The van der Waals surface area contributed by atoms with Crippen molar-refractivity contribution >= 4 is 5.91 Å². The van der Waals surface area contributed by atoms with Crippen LogP contribution in [0.2, 0.25) is 0 Å². The number of hydrogen-bond acceptors (Lipinski definition) is 3. The summed E-state index contributed by atoms with van der Waals surface area (Å²) in [5, 5.41) is 3.01. The molecular weight excluding hydrogens is 338 g/mol. The van der Waals surface area contributed by atoms with Gasteiger partial charge in [0.2, 0.25) is 5.91 Å². The third kappa shape index (κ3) is 4.44. The molecule has 0 aromatic heterocycles. The molecular formula is C23H27NO3. The maximum atomic E-state index is 11.2. The SMILES string of the molecule is CC(=O)NC1CCC(Oc2ccc3c(c2)CCC(c2ccccc2)O3)CC1. The van der Waals surface area contributed by atoms with Crippen molar-refractivity contribution in [1.82, 2.24) is 5.32 Å². The number of nitrogens with one attached hydrogen (secondary N) is 1. The van der Waals surface area contributed by atoms with E-state index >= 15 is 0 Å². The van der Waals surface area contributed by atoms with Gasteiger partial charge in [-0.05, 0) is 67.9 Å². The number of carbonyl (C=O) groups excluding carboxylic acids is 1. The lowest BCUT2D eigenvalue weighted by molar-refractivity contribution is -0.120. The first-order valence-corrected chi connectivity index (χ1v) is 9.95. The molecule has 0 saturated heterocycles. The number of benzene rings is 2. The molecule has 1 amide bonds. The molecule has 0 bridgehead atoms. The van der Waals surface area contributed by atoms with Crippen LogP contribution in [0, 0.1) is 0 Å². The van der Waals surface area contributed by atoms with Crippen molar-refractivity contribution in [3.8, 4) is 11.5 Å². The summed E-state index contributed by atoms with van der Waals surface area (Å²) in [6, 6.07) is 16.9. The van der Waals surface area contributed by atoms with Crippen LogP contribution >= 0.6 is 0 Å². The molecule has 1 aliphatic heterocycles. The van der Waals surface area contributed by atoms with Gasteiger partial charge in [0.1, 0.15) is 17.6 Å². The zero-order valence-electron chi connectivity index (χ0n) is 15.8. The first-order chi connectivity index (χ1) is 13.2. The van der Waals surface area contributed by atoms with E-state index < -0.39 is 0 Å². The van der Waals surface area contributed by atoms with Gasteiger partial charge < -0.3 is 14.8 Å². The van der Waals surface area contributed by atoms with Crippen molar-refractivity contribution in [2.24, 2.45) is 0 Å². The molecule has 0 radical (unpaired) electrons. The van der Waals surface area contributed by atoms with Crippen molar-refractivity contribution in [2.45, 2.75) is 63.7 Å². The van der Waals surface area contributed by atoms with Crippen molar-refractivity contribution in [2.75, 3.05) is 0 Å².